The maximum absolute atomic E-state index is 14.3. The minimum atomic E-state index is -1.24. The molecule has 3 aliphatic heterocycles. The van der Waals surface area contributed by atoms with Crippen LogP contribution < -0.4 is 4.90 Å². The first-order valence-electron chi connectivity index (χ1n) is 11.7. The summed E-state index contributed by atoms with van der Waals surface area (Å²) < 4.78 is 6.52. The van der Waals surface area contributed by atoms with Gasteiger partial charge in [-0.2, -0.15) is 0 Å². The van der Waals surface area contributed by atoms with Crippen molar-refractivity contribution < 1.29 is 29.3 Å². The number of aryl methyl sites for hydroxylation is 1. The molecule has 2 bridgehead atoms. The second-order valence-electron chi connectivity index (χ2n) is 9.42. The molecule has 2 unspecified atom stereocenters. The summed E-state index contributed by atoms with van der Waals surface area (Å²) in [6.07, 6.45) is 3.17. The Morgan fingerprint density at radius 3 is 2.71 bits per heavy atom. The van der Waals surface area contributed by atoms with Crippen molar-refractivity contribution in [3.63, 3.8) is 0 Å². The summed E-state index contributed by atoms with van der Waals surface area (Å²) in [5.74, 6) is -3.85. The highest BCUT2D eigenvalue weighted by molar-refractivity contribution is 6.34. The molecule has 3 fully saturated rings. The number of hydrogen-bond donors (Lipinski definition) is 2. The Kier molecular flexibility index (Phi) is 6.52. The SMILES string of the molecule is C=CCN(C(=O)C1N(CCCO)C(=O)[C@@H]2[C@H](C(=O)O)[C@]3(CC)CCC12O3)c1c(C)cccc1Cl. The number of likely N-dealkylation sites (tertiary alicyclic amines) is 1. The fourth-order valence-electron chi connectivity index (χ4n) is 6.39. The van der Waals surface area contributed by atoms with Gasteiger partial charge >= 0.3 is 5.97 Å². The van der Waals surface area contributed by atoms with Crippen molar-refractivity contribution in [1.82, 2.24) is 4.90 Å². The molecule has 3 heterocycles. The predicted octanol–water partition coefficient (Wildman–Crippen LogP) is 2.79. The zero-order chi connectivity index (χ0) is 24.8. The number of halogens is 1. The smallest absolute Gasteiger partial charge is 0.310 e. The van der Waals surface area contributed by atoms with E-state index in [1.807, 2.05) is 19.9 Å². The molecule has 8 nitrogen and oxygen atoms in total. The fraction of sp³-hybridized carbons (Fsp3) is 0.560. The lowest BCUT2D eigenvalue weighted by atomic mass is 9.65. The molecule has 1 spiro atoms. The number of ether oxygens (including phenoxy) is 1. The highest BCUT2D eigenvalue weighted by atomic mass is 35.5. The number of carboxylic acid groups (broad SMARTS) is 1. The van der Waals surface area contributed by atoms with E-state index in [1.54, 1.807) is 18.2 Å². The third kappa shape index (κ3) is 3.38. The lowest BCUT2D eigenvalue weighted by molar-refractivity contribution is -0.155. The van der Waals surface area contributed by atoms with E-state index in [4.69, 9.17) is 16.3 Å². The van der Waals surface area contributed by atoms with Crippen molar-refractivity contribution in [3.8, 4) is 0 Å². The molecule has 4 rings (SSSR count). The first-order chi connectivity index (χ1) is 16.2. The number of carbonyl (C=O) groups is 3. The molecular formula is C25H31ClN2O6. The van der Waals surface area contributed by atoms with Crippen LogP contribution in [0.2, 0.25) is 5.02 Å². The summed E-state index contributed by atoms with van der Waals surface area (Å²) in [6, 6.07) is 4.31. The monoisotopic (exact) mass is 490 g/mol. The van der Waals surface area contributed by atoms with Crippen molar-refractivity contribution in [3.05, 3.63) is 41.4 Å². The Morgan fingerprint density at radius 2 is 2.12 bits per heavy atom. The highest BCUT2D eigenvalue weighted by Gasteiger charge is 2.79. The van der Waals surface area contributed by atoms with E-state index >= 15 is 0 Å². The van der Waals surface area contributed by atoms with Gasteiger partial charge in [-0.05, 0) is 44.2 Å². The Morgan fingerprint density at radius 1 is 1.38 bits per heavy atom. The Bertz CT molecular complexity index is 1010. The van der Waals surface area contributed by atoms with E-state index in [1.165, 1.54) is 9.80 Å². The van der Waals surface area contributed by atoms with Crippen LogP contribution in [0.3, 0.4) is 0 Å². The van der Waals surface area contributed by atoms with Gasteiger partial charge in [0.2, 0.25) is 5.91 Å². The van der Waals surface area contributed by atoms with Crippen molar-refractivity contribution in [2.24, 2.45) is 11.8 Å². The number of para-hydroxylation sites is 1. The molecule has 9 heteroatoms. The number of nitrogens with zero attached hydrogens (tertiary/aromatic N) is 2. The van der Waals surface area contributed by atoms with Gasteiger partial charge in [0.05, 0.1) is 22.2 Å². The van der Waals surface area contributed by atoms with E-state index in [-0.39, 0.29) is 32.0 Å². The molecule has 1 aromatic rings. The molecule has 2 amide bonds. The number of hydrogen-bond acceptors (Lipinski definition) is 5. The average molecular weight is 491 g/mol. The largest absolute Gasteiger partial charge is 0.481 e. The van der Waals surface area contributed by atoms with Crippen LogP contribution in [0.1, 0.15) is 38.2 Å². The third-order valence-corrected chi connectivity index (χ3v) is 8.08. The number of carboxylic acids is 1. The first-order valence-corrected chi connectivity index (χ1v) is 12.1. The lowest BCUT2D eigenvalue weighted by Crippen LogP contribution is -2.56. The number of aliphatic hydroxyl groups excluding tert-OH is 1. The van der Waals surface area contributed by atoms with E-state index in [0.29, 0.717) is 30.0 Å². The van der Waals surface area contributed by atoms with E-state index in [2.05, 4.69) is 6.58 Å². The van der Waals surface area contributed by atoms with Crippen LogP contribution in [0.25, 0.3) is 0 Å². The standard InChI is InChI=1S/C25H31ClN2O6/c1-4-12-27(19-15(3)8-6-9-16(19)26)22(31)20-25-11-10-24(5-2,34-25)18(23(32)33)17(25)21(30)28(20)13-7-14-29/h4,6,8-9,17-18,20,29H,1,5,7,10-14H2,2-3H3,(H,32,33)/t17-,18+,20?,24-,25?/m0/s1. The number of fused-ring (bicyclic) bond motifs is 1. The molecule has 3 saturated heterocycles. The molecule has 0 saturated carbocycles. The number of benzene rings is 1. The van der Waals surface area contributed by atoms with Gasteiger partial charge in [0.1, 0.15) is 17.6 Å². The highest BCUT2D eigenvalue weighted by Crippen LogP contribution is 2.64. The predicted molar refractivity (Wildman–Crippen MR) is 127 cm³/mol. The molecule has 1 aromatic carbocycles. The number of rotatable bonds is 9. The van der Waals surface area contributed by atoms with Crippen LogP contribution in [-0.2, 0) is 19.1 Å². The summed E-state index contributed by atoms with van der Waals surface area (Å²) in [4.78, 5) is 43.3. The second kappa shape index (κ2) is 8.98. The van der Waals surface area contributed by atoms with Gasteiger partial charge in [0, 0.05) is 19.7 Å². The Balaban J connectivity index is 1.85. The van der Waals surface area contributed by atoms with Crippen LogP contribution in [0, 0.1) is 18.8 Å². The summed E-state index contributed by atoms with van der Waals surface area (Å²) >= 11 is 6.51. The minimum Gasteiger partial charge on any atom is -0.481 e. The van der Waals surface area contributed by atoms with Crippen molar-refractivity contribution in [1.29, 1.82) is 0 Å². The minimum absolute atomic E-state index is 0.127. The summed E-state index contributed by atoms with van der Waals surface area (Å²) in [5, 5.41) is 19.9. The van der Waals surface area contributed by atoms with E-state index in [9.17, 15) is 24.6 Å². The van der Waals surface area contributed by atoms with Crippen LogP contribution in [0.5, 0.6) is 0 Å². The average Bonchev–Trinajstić information content (AvgIpc) is 3.40. The van der Waals surface area contributed by atoms with Crippen LogP contribution in [0.4, 0.5) is 5.69 Å². The lowest BCUT2D eigenvalue weighted by Gasteiger charge is -2.37. The number of carbonyl (C=O) groups excluding carboxylic acids is 2. The van der Waals surface area contributed by atoms with Crippen LogP contribution in [-0.4, -0.2) is 69.8 Å². The number of aliphatic carboxylic acids is 1. The molecule has 3 aliphatic rings. The topological polar surface area (TPSA) is 107 Å². The Labute approximate surface area is 204 Å². The normalized spacial score (nSPS) is 31.6. The van der Waals surface area contributed by atoms with E-state index < -0.39 is 41.0 Å². The second-order valence-corrected chi connectivity index (χ2v) is 9.83. The van der Waals surface area contributed by atoms with E-state index in [0.717, 1.165) is 5.56 Å². The van der Waals surface area contributed by atoms with Gasteiger partial charge in [0.25, 0.3) is 5.91 Å². The van der Waals surface area contributed by atoms with Gasteiger partial charge in [-0.3, -0.25) is 14.4 Å². The number of aliphatic hydroxyl groups is 1. The molecule has 0 aliphatic carbocycles. The van der Waals surface area contributed by atoms with Crippen LogP contribution >= 0.6 is 11.6 Å². The van der Waals surface area contributed by atoms with Gasteiger partial charge in [-0.1, -0.05) is 36.7 Å². The molecule has 34 heavy (non-hydrogen) atoms. The number of amides is 2. The third-order valence-electron chi connectivity index (χ3n) is 7.77. The van der Waals surface area contributed by atoms with Gasteiger partial charge < -0.3 is 24.7 Å². The molecule has 0 radical (unpaired) electrons. The van der Waals surface area contributed by atoms with Crippen molar-refractivity contribution in [2.75, 3.05) is 24.6 Å². The van der Waals surface area contributed by atoms with Crippen molar-refractivity contribution in [2.45, 2.75) is 56.8 Å². The maximum Gasteiger partial charge on any atom is 0.310 e. The zero-order valence-corrected chi connectivity index (χ0v) is 20.3. The molecule has 0 aromatic heterocycles. The summed E-state index contributed by atoms with van der Waals surface area (Å²) in [6.45, 7) is 7.62. The quantitative estimate of drug-likeness (QED) is 0.515. The number of anilines is 1. The molecule has 2 N–H and O–H groups in total. The summed E-state index contributed by atoms with van der Waals surface area (Å²) in [7, 11) is 0. The summed E-state index contributed by atoms with van der Waals surface area (Å²) in [5.41, 5.74) is -0.904. The molecule has 5 atom stereocenters. The van der Waals surface area contributed by atoms with Gasteiger partial charge in [-0.15, -0.1) is 6.58 Å². The Hall–Kier alpha value is -2.42. The molecule has 184 valence electrons. The maximum atomic E-state index is 14.3. The van der Waals surface area contributed by atoms with Crippen LogP contribution in [0.15, 0.2) is 30.9 Å². The zero-order valence-electron chi connectivity index (χ0n) is 19.5. The van der Waals surface area contributed by atoms with Crippen molar-refractivity contribution >= 4 is 35.1 Å². The van der Waals surface area contributed by atoms with Gasteiger partial charge in [0.15, 0.2) is 0 Å². The first kappa shape index (κ1) is 24.7. The van der Waals surface area contributed by atoms with Gasteiger partial charge in [-0.25, -0.2) is 0 Å². The molecular weight excluding hydrogens is 460 g/mol. The fourth-order valence-corrected chi connectivity index (χ4v) is 6.71.